The molecule has 2 atom stereocenters. The molecule has 0 bridgehead atoms. The van der Waals surface area contributed by atoms with Crippen LogP contribution in [0, 0.1) is 12.7 Å². The van der Waals surface area contributed by atoms with Gasteiger partial charge in [0.15, 0.2) is 0 Å². The van der Waals surface area contributed by atoms with Crippen LogP contribution in [0.4, 0.5) is 4.39 Å². The zero-order valence-electron chi connectivity index (χ0n) is 13.2. The number of hydrogen-bond acceptors (Lipinski definition) is 2. The SMILES string of the molecule is CCCNC(c1cc(C)ccc1F)C(CCC)OCC. The first-order chi connectivity index (χ1) is 9.63. The first-order valence-corrected chi connectivity index (χ1v) is 7.75. The largest absolute Gasteiger partial charge is 0.377 e. The van der Waals surface area contributed by atoms with Crippen LogP contribution >= 0.6 is 0 Å². The summed E-state index contributed by atoms with van der Waals surface area (Å²) in [6, 6.07) is 5.23. The normalized spacial score (nSPS) is 14.2. The van der Waals surface area contributed by atoms with Crippen LogP contribution < -0.4 is 5.32 Å². The second kappa shape index (κ2) is 9.09. The van der Waals surface area contributed by atoms with Gasteiger partial charge in [-0.3, -0.25) is 0 Å². The minimum absolute atomic E-state index is 0.0212. The van der Waals surface area contributed by atoms with Gasteiger partial charge in [0.1, 0.15) is 5.82 Å². The Morgan fingerprint density at radius 2 is 1.95 bits per heavy atom. The lowest BCUT2D eigenvalue weighted by Gasteiger charge is -2.29. The molecule has 2 unspecified atom stereocenters. The molecule has 0 spiro atoms. The van der Waals surface area contributed by atoms with E-state index in [1.54, 1.807) is 6.07 Å². The number of nitrogens with one attached hydrogen (secondary N) is 1. The van der Waals surface area contributed by atoms with Gasteiger partial charge in [0.25, 0.3) is 0 Å². The van der Waals surface area contributed by atoms with Crippen LogP contribution in [0.5, 0.6) is 0 Å². The van der Waals surface area contributed by atoms with E-state index in [0.717, 1.165) is 36.9 Å². The molecular weight excluding hydrogens is 253 g/mol. The first kappa shape index (κ1) is 17.1. The Bertz CT molecular complexity index is 389. The highest BCUT2D eigenvalue weighted by Crippen LogP contribution is 2.26. The molecule has 1 N–H and O–H groups in total. The van der Waals surface area contributed by atoms with Gasteiger partial charge in [-0.05, 0) is 39.3 Å². The van der Waals surface area contributed by atoms with E-state index < -0.39 is 0 Å². The van der Waals surface area contributed by atoms with Crippen LogP contribution in [0.3, 0.4) is 0 Å². The fourth-order valence-electron chi connectivity index (χ4n) is 2.49. The van der Waals surface area contributed by atoms with Crippen molar-refractivity contribution >= 4 is 0 Å². The number of aryl methyl sites for hydroxylation is 1. The molecule has 114 valence electrons. The van der Waals surface area contributed by atoms with Crippen molar-refractivity contribution in [2.24, 2.45) is 0 Å². The van der Waals surface area contributed by atoms with Gasteiger partial charge >= 0.3 is 0 Å². The van der Waals surface area contributed by atoms with Crippen LogP contribution in [-0.4, -0.2) is 19.3 Å². The van der Waals surface area contributed by atoms with Gasteiger partial charge < -0.3 is 10.1 Å². The fraction of sp³-hybridized carbons (Fsp3) is 0.647. The third kappa shape index (κ3) is 4.88. The molecule has 0 aromatic heterocycles. The number of ether oxygens (including phenoxy) is 1. The van der Waals surface area contributed by atoms with Gasteiger partial charge in [0.05, 0.1) is 12.1 Å². The average Bonchev–Trinajstić information content (AvgIpc) is 2.43. The Hall–Kier alpha value is -0.930. The maximum absolute atomic E-state index is 14.2. The summed E-state index contributed by atoms with van der Waals surface area (Å²) in [6.07, 6.45) is 3.01. The number of halogens is 1. The van der Waals surface area contributed by atoms with Gasteiger partial charge in [0.2, 0.25) is 0 Å². The Labute approximate surface area is 122 Å². The molecule has 0 aliphatic heterocycles. The molecule has 0 heterocycles. The van der Waals surface area contributed by atoms with Crippen LogP contribution in [0.15, 0.2) is 18.2 Å². The van der Waals surface area contributed by atoms with E-state index in [0.29, 0.717) is 6.61 Å². The van der Waals surface area contributed by atoms with Crippen LogP contribution in [0.25, 0.3) is 0 Å². The molecule has 0 saturated carbocycles. The Morgan fingerprint density at radius 3 is 2.55 bits per heavy atom. The maximum atomic E-state index is 14.2. The first-order valence-electron chi connectivity index (χ1n) is 7.75. The molecule has 2 nitrogen and oxygen atoms in total. The van der Waals surface area contributed by atoms with Crippen molar-refractivity contribution < 1.29 is 9.13 Å². The van der Waals surface area contributed by atoms with E-state index in [9.17, 15) is 4.39 Å². The lowest BCUT2D eigenvalue weighted by Crippen LogP contribution is -2.35. The van der Waals surface area contributed by atoms with Crippen molar-refractivity contribution in [3.05, 3.63) is 35.1 Å². The van der Waals surface area contributed by atoms with E-state index >= 15 is 0 Å². The second-order valence-corrected chi connectivity index (χ2v) is 5.24. The third-order valence-electron chi connectivity index (χ3n) is 3.43. The van der Waals surface area contributed by atoms with E-state index in [1.165, 1.54) is 0 Å². The standard InChI is InChI=1S/C17H28FNO/c1-5-8-16(20-7-3)17(19-11-6-2)14-12-13(4)9-10-15(14)18/h9-10,12,16-17,19H,5-8,11H2,1-4H3. The predicted octanol–water partition coefficient (Wildman–Crippen LogP) is 4.38. The van der Waals surface area contributed by atoms with Gasteiger partial charge in [-0.25, -0.2) is 4.39 Å². The average molecular weight is 281 g/mol. The summed E-state index contributed by atoms with van der Waals surface area (Å²) < 4.78 is 20.1. The number of benzene rings is 1. The van der Waals surface area contributed by atoms with E-state index in [-0.39, 0.29) is 18.0 Å². The molecule has 0 fully saturated rings. The van der Waals surface area contributed by atoms with Crippen molar-refractivity contribution in [1.29, 1.82) is 0 Å². The summed E-state index contributed by atoms with van der Waals surface area (Å²) in [5, 5.41) is 3.46. The highest BCUT2D eigenvalue weighted by molar-refractivity contribution is 5.27. The molecule has 20 heavy (non-hydrogen) atoms. The molecule has 3 heteroatoms. The van der Waals surface area contributed by atoms with E-state index in [1.807, 2.05) is 26.0 Å². The highest BCUT2D eigenvalue weighted by atomic mass is 19.1. The molecule has 1 aromatic carbocycles. The van der Waals surface area contributed by atoms with Crippen LogP contribution in [0.1, 0.15) is 57.2 Å². The van der Waals surface area contributed by atoms with Crippen molar-refractivity contribution in [3.63, 3.8) is 0 Å². The van der Waals surface area contributed by atoms with Gasteiger partial charge in [-0.2, -0.15) is 0 Å². The van der Waals surface area contributed by atoms with Crippen molar-refractivity contribution in [2.45, 2.75) is 59.1 Å². The molecule has 0 radical (unpaired) electrons. The minimum Gasteiger partial charge on any atom is -0.377 e. The lowest BCUT2D eigenvalue weighted by molar-refractivity contribution is 0.0267. The zero-order valence-corrected chi connectivity index (χ0v) is 13.2. The summed E-state index contributed by atoms with van der Waals surface area (Å²) in [7, 11) is 0. The number of rotatable bonds is 9. The molecule has 0 amide bonds. The summed E-state index contributed by atoms with van der Waals surface area (Å²) >= 11 is 0. The topological polar surface area (TPSA) is 21.3 Å². The van der Waals surface area contributed by atoms with Crippen molar-refractivity contribution in [3.8, 4) is 0 Å². The van der Waals surface area contributed by atoms with E-state index in [2.05, 4.69) is 19.2 Å². The molecule has 0 saturated heterocycles. The summed E-state index contributed by atoms with van der Waals surface area (Å²) in [4.78, 5) is 0. The fourth-order valence-corrected chi connectivity index (χ4v) is 2.49. The minimum atomic E-state index is -0.148. The monoisotopic (exact) mass is 281 g/mol. The quantitative estimate of drug-likeness (QED) is 0.725. The third-order valence-corrected chi connectivity index (χ3v) is 3.43. The lowest BCUT2D eigenvalue weighted by atomic mass is 9.96. The maximum Gasteiger partial charge on any atom is 0.128 e. The number of hydrogen-bond donors (Lipinski definition) is 1. The Morgan fingerprint density at radius 1 is 1.20 bits per heavy atom. The van der Waals surface area contributed by atoms with Gasteiger partial charge in [-0.1, -0.05) is 38.0 Å². The highest BCUT2D eigenvalue weighted by Gasteiger charge is 2.25. The van der Waals surface area contributed by atoms with Gasteiger partial charge in [0, 0.05) is 12.2 Å². The predicted molar refractivity (Wildman–Crippen MR) is 82.5 cm³/mol. The second-order valence-electron chi connectivity index (χ2n) is 5.24. The Kier molecular flexibility index (Phi) is 7.78. The van der Waals surface area contributed by atoms with E-state index in [4.69, 9.17) is 4.74 Å². The van der Waals surface area contributed by atoms with Crippen LogP contribution in [0.2, 0.25) is 0 Å². The molecule has 1 aromatic rings. The summed E-state index contributed by atoms with van der Waals surface area (Å²) in [6.45, 7) is 9.76. The smallest absolute Gasteiger partial charge is 0.128 e. The molecule has 0 aliphatic carbocycles. The van der Waals surface area contributed by atoms with Crippen molar-refractivity contribution in [1.82, 2.24) is 5.32 Å². The van der Waals surface area contributed by atoms with Crippen LogP contribution in [-0.2, 0) is 4.74 Å². The molecule has 1 rings (SSSR count). The summed E-state index contributed by atoms with van der Waals surface area (Å²) in [5.41, 5.74) is 1.81. The summed E-state index contributed by atoms with van der Waals surface area (Å²) in [5.74, 6) is -0.148. The Balaban J connectivity index is 3.04. The van der Waals surface area contributed by atoms with Crippen molar-refractivity contribution in [2.75, 3.05) is 13.2 Å². The zero-order chi connectivity index (χ0) is 15.0. The van der Waals surface area contributed by atoms with Gasteiger partial charge in [-0.15, -0.1) is 0 Å². The molecule has 0 aliphatic rings. The molecular formula is C17H28FNO.